The lowest BCUT2D eigenvalue weighted by atomic mass is 10.1. The Labute approximate surface area is 132 Å². The Morgan fingerprint density at radius 3 is 2.40 bits per heavy atom. The summed E-state index contributed by atoms with van der Waals surface area (Å²) in [4.78, 5) is 0.344. The van der Waals surface area contributed by atoms with Gasteiger partial charge in [0.05, 0.1) is 4.90 Å². The van der Waals surface area contributed by atoms with Crippen molar-refractivity contribution in [2.45, 2.75) is 24.2 Å². The molecule has 0 amide bonds. The van der Waals surface area contributed by atoms with Crippen molar-refractivity contribution in [2.24, 2.45) is 0 Å². The van der Waals surface area contributed by atoms with Crippen molar-refractivity contribution >= 4 is 38.3 Å². The van der Waals surface area contributed by atoms with E-state index >= 15 is 0 Å². The van der Waals surface area contributed by atoms with Crippen LogP contribution in [0.3, 0.4) is 0 Å². The molecule has 0 aliphatic heterocycles. The fourth-order valence-corrected chi connectivity index (χ4v) is 3.92. The van der Waals surface area contributed by atoms with Crippen LogP contribution < -0.4 is 4.72 Å². The molecular formula is C15H14INO2S. The largest absolute Gasteiger partial charge is 0.280 e. The molecule has 3 rings (SSSR count). The monoisotopic (exact) mass is 399 g/mol. The summed E-state index contributed by atoms with van der Waals surface area (Å²) in [5.74, 6) is 0. The van der Waals surface area contributed by atoms with Crippen molar-refractivity contribution in [2.75, 3.05) is 4.72 Å². The smallest absolute Gasteiger partial charge is 0.261 e. The van der Waals surface area contributed by atoms with E-state index in [-0.39, 0.29) is 0 Å². The number of anilines is 1. The topological polar surface area (TPSA) is 46.2 Å². The highest BCUT2D eigenvalue weighted by Gasteiger charge is 2.18. The van der Waals surface area contributed by atoms with E-state index in [4.69, 9.17) is 0 Å². The summed E-state index contributed by atoms with van der Waals surface area (Å²) in [7, 11) is -3.50. The molecule has 5 heteroatoms. The van der Waals surface area contributed by atoms with Crippen LogP contribution in [0, 0.1) is 3.57 Å². The average molecular weight is 399 g/mol. The average Bonchev–Trinajstić information content (AvgIpc) is 2.88. The van der Waals surface area contributed by atoms with E-state index in [2.05, 4.69) is 27.3 Å². The molecule has 0 bridgehead atoms. The maximum atomic E-state index is 12.4. The number of sulfonamides is 1. The summed E-state index contributed by atoms with van der Waals surface area (Å²) in [5.41, 5.74) is 3.03. The lowest BCUT2D eigenvalue weighted by Gasteiger charge is -2.09. The number of aryl methyl sites for hydroxylation is 2. The summed E-state index contributed by atoms with van der Waals surface area (Å²) in [5, 5.41) is 0. The van der Waals surface area contributed by atoms with Crippen molar-refractivity contribution in [3.8, 4) is 0 Å². The van der Waals surface area contributed by atoms with Crippen molar-refractivity contribution in [1.29, 1.82) is 0 Å². The van der Waals surface area contributed by atoms with Gasteiger partial charge in [-0.3, -0.25) is 4.72 Å². The third kappa shape index (κ3) is 2.83. The summed E-state index contributed by atoms with van der Waals surface area (Å²) < 4.78 is 28.4. The Hall–Kier alpha value is -1.08. The zero-order chi connectivity index (χ0) is 14.2. The normalized spacial score (nSPS) is 14.1. The van der Waals surface area contributed by atoms with Gasteiger partial charge in [-0.25, -0.2) is 8.42 Å². The summed E-state index contributed by atoms with van der Waals surface area (Å²) >= 11 is 2.19. The van der Waals surface area contributed by atoms with Crippen LogP contribution in [-0.2, 0) is 22.9 Å². The molecule has 2 aromatic carbocycles. The number of rotatable bonds is 3. The first kappa shape index (κ1) is 13.9. The second kappa shape index (κ2) is 5.37. The summed E-state index contributed by atoms with van der Waals surface area (Å²) in [6.07, 6.45) is 3.14. The van der Waals surface area contributed by atoms with Crippen molar-refractivity contribution in [1.82, 2.24) is 0 Å². The van der Waals surface area contributed by atoms with E-state index in [9.17, 15) is 8.42 Å². The number of benzene rings is 2. The van der Waals surface area contributed by atoms with E-state index in [1.54, 1.807) is 24.3 Å². The fraction of sp³-hybridized carbons (Fsp3) is 0.200. The second-order valence-corrected chi connectivity index (χ2v) is 7.82. The van der Waals surface area contributed by atoms with E-state index < -0.39 is 10.0 Å². The second-order valence-electron chi connectivity index (χ2n) is 4.90. The van der Waals surface area contributed by atoms with E-state index in [0.717, 1.165) is 28.4 Å². The quantitative estimate of drug-likeness (QED) is 0.803. The van der Waals surface area contributed by atoms with Crippen molar-refractivity contribution < 1.29 is 8.42 Å². The van der Waals surface area contributed by atoms with Gasteiger partial charge in [-0.2, -0.15) is 0 Å². The molecule has 1 aliphatic carbocycles. The van der Waals surface area contributed by atoms with Crippen LogP contribution in [0.5, 0.6) is 0 Å². The van der Waals surface area contributed by atoms with Crippen LogP contribution in [0.25, 0.3) is 0 Å². The highest BCUT2D eigenvalue weighted by atomic mass is 127. The SMILES string of the molecule is O=S(=O)(Nc1ccc(I)cc1)c1ccc2c(c1)CCC2. The lowest BCUT2D eigenvalue weighted by molar-refractivity contribution is 0.601. The molecule has 0 aromatic heterocycles. The Morgan fingerprint density at radius 1 is 0.950 bits per heavy atom. The molecule has 0 saturated heterocycles. The first-order chi connectivity index (χ1) is 9.54. The van der Waals surface area contributed by atoms with Gasteiger partial charge in [-0.1, -0.05) is 6.07 Å². The van der Waals surface area contributed by atoms with Crippen LogP contribution >= 0.6 is 22.6 Å². The highest BCUT2D eigenvalue weighted by Crippen LogP contribution is 2.25. The Morgan fingerprint density at radius 2 is 1.65 bits per heavy atom. The van der Waals surface area contributed by atoms with Crippen LogP contribution in [0.4, 0.5) is 5.69 Å². The first-order valence-corrected chi connectivity index (χ1v) is 9.01. The molecule has 3 nitrogen and oxygen atoms in total. The predicted octanol–water partition coefficient (Wildman–Crippen LogP) is 3.58. The van der Waals surface area contributed by atoms with E-state index in [0.29, 0.717) is 10.6 Å². The number of fused-ring (bicyclic) bond motifs is 1. The Kier molecular flexibility index (Phi) is 3.72. The molecule has 20 heavy (non-hydrogen) atoms. The van der Waals surface area contributed by atoms with Gasteiger partial charge >= 0.3 is 0 Å². The lowest BCUT2D eigenvalue weighted by Crippen LogP contribution is -2.13. The molecular weight excluding hydrogens is 385 g/mol. The predicted molar refractivity (Wildman–Crippen MR) is 88.4 cm³/mol. The van der Waals surface area contributed by atoms with Gasteiger partial charge in [0.1, 0.15) is 0 Å². The van der Waals surface area contributed by atoms with Crippen molar-refractivity contribution in [3.63, 3.8) is 0 Å². The molecule has 1 N–H and O–H groups in total. The molecule has 0 heterocycles. The minimum atomic E-state index is -3.50. The maximum Gasteiger partial charge on any atom is 0.261 e. The minimum Gasteiger partial charge on any atom is -0.280 e. The van der Waals surface area contributed by atoms with Crippen LogP contribution in [0.15, 0.2) is 47.4 Å². The number of halogens is 1. The van der Waals surface area contributed by atoms with Gasteiger partial charge in [0.25, 0.3) is 10.0 Å². The maximum absolute atomic E-state index is 12.4. The molecule has 0 fully saturated rings. The van der Waals surface area contributed by atoms with Crippen LogP contribution in [0.2, 0.25) is 0 Å². The van der Waals surface area contributed by atoms with Gasteiger partial charge < -0.3 is 0 Å². The first-order valence-electron chi connectivity index (χ1n) is 6.45. The highest BCUT2D eigenvalue weighted by molar-refractivity contribution is 14.1. The van der Waals surface area contributed by atoms with Crippen LogP contribution in [0.1, 0.15) is 17.5 Å². The number of hydrogen-bond donors (Lipinski definition) is 1. The molecule has 0 spiro atoms. The molecule has 0 saturated carbocycles. The molecule has 0 unspecified atom stereocenters. The molecule has 0 atom stereocenters. The fourth-order valence-electron chi connectivity index (χ4n) is 2.45. The Bertz CT molecular complexity index is 739. The molecule has 104 valence electrons. The van der Waals surface area contributed by atoms with E-state index in [1.165, 1.54) is 5.56 Å². The standard InChI is InChI=1S/C15H14INO2S/c16-13-5-7-14(8-6-13)17-20(18,19)15-9-4-11-2-1-3-12(11)10-15/h4-10,17H,1-3H2. The Balaban J connectivity index is 1.90. The molecule has 1 aliphatic rings. The zero-order valence-electron chi connectivity index (χ0n) is 10.8. The van der Waals surface area contributed by atoms with Gasteiger partial charge in [-0.15, -0.1) is 0 Å². The van der Waals surface area contributed by atoms with Crippen LogP contribution in [-0.4, -0.2) is 8.42 Å². The van der Waals surface area contributed by atoms with Crippen molar-refractivity contribution in [3.05, 3.63) is 57.2 Å². The number of hydrogen-bond acceptors (Lipinski definition) is 2. The third-order valence-electron chi connectivity index (χ3n) is 3.48. The van der Waals surface area contributed by atoms with E-state index in [1.807, 2.05) is 18.2 Å². The zero-order valence-corrected chi connectivity index (χ0v) is 13.7. The summed E-state index contributed by atoms with van der Waals surface area (Å²) in [6.45, 7) is 0. The minimum absolute atomic E-state index is 0.344. The summed E-state index contributed by atoms with van der Waals surface area (Å²) in [6, 6.07) is 12.7. The third-order valence-corrected chi connectivity index (χ3v) is 5.57. The van der Waals surface area contributed by atoms with Gasteiger partial charge in [0.2, 0.25) is 0 Å². The van der Waals surface area contributed by atoms with Gasteiger partial charge in [0, 0.05) is 9.26 Å². The number of nitrogens with one attached hydrogen (secondary N) is 1. The molecule has 0 radical (unpaired) electrons. The van der Waals surface area contributed by atoms with Gasteiger partial charge in [0.15, 0.2) is 0 Å². The molecule has 2 aromatic rings. The van der Waals surface area contributed by atoms with Gasteiger partial charge in [-0.05, 0) is 89.4 Å².